The van der Waals surface area contributed by atoms with Crippen molar-refractivity contribution in [2.75, 3.05) is 16.2 Å². The number of anilines is 3. The van der Waals surface area contributed by atoms with Crippen LogP contribution < -0.4 is 9.62 Å². The van der Waals surface area contributed by atoms with Crippen molar-refractivity contribution in [1.29, 1.82) is 0 Å². The monoisotopic (exact) mass is 384 g/mol. The topological polar surface area (TPSA) is 49.4 Å². The molecule has 26 heavy (non-hydrogen) atoms. The Hall–Kier alpha value is -2.31. The third kappa shape index (κ3) is 3.34. The zero-order valence-corrected chi connectivity index (χ0v) is 16.1. The van der Waals surface area contributed by atoms with Gasteiger partial charge in [0.2, 0.25) is 0 Å². The number of para-hydroxylation sites is 1. The van der Waals surface area contributed by atoms with Crippen LogP contribution >= 0.6 is 11.3 Å². The van der Waals surface area contributed by atoms with Gasteiger partial charge < -0.3 is 4.90 Å². The number of sulfonamides is 1. The number of nitrogens with zero attached hydrogens (tertiary/aromatic N) is 1. The van der Waals surface area contributed by atoms with Gasteiger partial charge in [-0.2, -0.15) is 0 Å². The summed E-state index contributed by atoms with van der Waals surface area (Å²) in [6.07, 6.45) is 2.22. The maximum Gasteiger partial charge on any atom is 0.271 e. The lowest BCUT2D eigenvalue weighted by molar-refractivity contribution is 0.603. The number of nitrogens with one attached hydrogen (secondary N) is 1. The Bertz CT molecular complexity index is 1020. The highest BCUT2D eigenvalue weighted by Gasteiger charge is 2.19. The average molecular weight is 385 g/mol. The second-order valence-corrected chi connectivity index (χ2v) is 9.60. The lowest BCUT2D eigenvalue weighted by atomic mass is 10.0. The van der Waals surface area contributed by atoms with Crippen LogP contribution in [-0.4, -0.2) is 15.0 Å². The summed E-state index contributed by atoms with van der Waals surface area (Å²) >= 11 is 1.27. The highest BCUT2D eigenvalue weighted by atomic mass is 32.2. The Morgan fingerprint density at radius 3 is 2.50 bits per heavy atom. The summed E-state index contributed by atoms with van der Waals surface area (Å²) in [6.45, 7) is 2.87. The minimum absolute atomic E-state index is 0.337. The number of hydrogen-bond acceptors (Lipinski definition) is 4. The predicted octanol–water partition coefficient (Wildman–Crippen LogP) is 4.94. The molecule has 0 radical (unpaired) electrons. The summed E-state index contributed by atoms with van der Waals surface area (Å²) in [7, 11) is -3.52. The van der Waals surface area contributed by atoms with E-state index < -0.39 is 10.0 Å². The Morgan fingerprint density at radius 1 is 1.00 bits per heavy atom. The third-order valence-electron chi connectivity index (χ3n) is 4.52. The molecule has 6 heteroatoms. The van der Waals surface area contributed by atoms with Crippen molar-refractivity contribution in [3.05, 3.63) is 71.1 Å². The van der Waals surface area contributed by atoms with Crippen molar-refractivity contribution >= 4 is 38.4 Å². The summed E-state index contributed by atoms with van der Waals surface area (Å²) in [5.41, 5.74) is 4.25. The summed E-state index contributed by atoms with van der Waals surface area (Å²) in [5.74, 6) is 0. The van der Waals surface area contributed by atoms with Gasteiger partial charge in [0, 0.05) is 28.5 Å². The van der Waals surface area contributed by atoms with Gasteiger partial charge in [-0.15, -0.1) is 11.3 Å². The number of fused-ring (bicyclic) bond motifs is 1. The molecule has 0 aliphatic carbocycles. The van der Waals surface area contributed by atoms with Crippen LogP contribution in [0, 0.1) is 6.92 Å². The van der Waals surface area contributed by atoms with E-state index in [4.69, 9.17) is 0 Å². The largest absolute Gasteiger partial charge is 0.341 e. The second kappa shape index (κ2) is 6.78. The van der Waals surface area contributed by atoms with Crippen molar-refractivity contribution in [1.82, 2.24) is 0 Å². The Kier molecular flexibility index (Phi) is 4.46. The van der Waals surface area contributed by atoms with Crippen LogP contribution in [0.3, 0.4) is 0 Å². The molecule has 0 saturated heterocycles. The third-order valence-corrected chi connectivity index (χ3v) is 7.40. The molecule has 1 aliphatic rings. The van der Waals surface area contributed by atoms with Crippen LogP contribution in [0.2, 0.25) is 0 Å². The maximum atomic E-state index is 12.5. The van der Waals surface area contributed by atoms with E-state index in [9.17, 15) is 8.42 Å². The number of hydrogen-bond donors (Lipinski definition) is 1. The normalized spacial score (nSPS) is 14.1. The lowest BCUT2D eigenvalue weighted by Crippen LogP contribution is -2.24. The van der Waals surface area contributed by atoms with E-state index in [0.29, 0.717) is 9.90 Å². The molecular formula is C20H20N2O2S2. The van der Waals surface area contributed by atoms with E-state index in [1.165, 1.54) is 22.6 Å². The van der Waals surface area contributed by atoms with Gasteiger partial charge in [0.1, 0.15) is 4.21 Å². The van der Waals surface area contributed by atoms with Crippen LogP contribution in [0.15, 0.2) is 64.9 Å². The van der Waals surface area contributed by atoms with Crippen LogP contribution in [0.4, 0.5) is 17.1 Å². The molecule has 0 saturated carbocycles. The van der Waals surface area contributed by atoms with Gasteiger partial charge in [0.25, 0.3) is 10.0 Å². The first-order valence-electron chi connectivity index (χ1n) is 8.58. The number of thiophene rings is 1. The van der Waals surface area contributed by atoms with Crippen molar-refractivity contribution in [2.45, 2.75) is 24.0 Å². The molecule has 0 amide bonds. The standard InChI is InChI=1S/C20H20N2O2S2/c1-15-8-13-20(25-15)26(23,24)21-17-9-11-18(12-10-17)22-14-4-6-16-5-2-3-7-19(16)22/h2-3,5,7-13,21H,4,6,14H2,1H3. The van der Waals surface area contributed by atoms with E-state index in [2.05, 4.69) is 33.9 Å². The van der Waals surface area contributed by atoms with Crippen LogP contribution in [-0.2, 0) is 16.4 Å². The van der Waals surface area contributed by atoms with Gasteiger partial charge >= 0.3 is 0 Å². The first-order chi connectivity index (χ1) is 12.5. The first-order valence-corrected chi connectivity index (χ1v) is 10.9. The molecule has 134 valence electrons. The van der Waals surface area contributed by atoms with Crippen molar-refractivity contribution < 1.29 is 8.42 Å². The second-order valence-electron chi connectivity index (χ2n) is 6.40. The quantitative estimate of drug-likeness (QED) is 0.693. The van der Waals surface area contributed by atoms with Crippen molar-refractivity contribution in [3.63, 3.8) is 0 Å². The molecule has 4 nitrogen and oxygen atoms in total. The van der Waals surface area contributed by atoms with E-state index in [-0.39, 0.29) is 0 Å². The molecule has 2 aromatic carbocycles. The fourth-order valence-corrected chi connectivity index (χ4v) is 5.62. The summed E-state index contributed by atoms with van der Waals surface area (Å²) in [4.78, 5) is 3.27. The average Bonchev–Trinajstić information content (AvgIpc) is 3.09. The molecular weight excluding hydrogens is 364 g/mol. The Balaban J connectivity index is 1.57. The highest BCUT2D eigenvalue weighted by molar-refractivity contribution is 7.94. The SMILES string of the molecule is Cc1ccc(S(=O)(=O)Nc2ccc(N3CCCc4ccccc43)cc2)s1. The summed E-state index contributed by atoms with van der Waals surface area (Å²) in [5, 5.41) is 0. The molecule has 0 fully saturated rings. The summed E-state index contributed by atoms with van der Waals surface area (Å²) in [6, 6.07) is 19.5. The zero-order valence-electron chi connectivity index (χ0n) is 14.5. The molecule has 3 aromatic rings. The van der Waals surface area contributed by atoms with Gasteiger partial charge in [-0.3, -0.25) is 4.72 Å². The van der Waals surface area contributed by atoms with E-state index in [0.717, 1.165) is 30.0 Å². The molecule has 0 atom stereocenters. The minimum Gasteiger partial charge on any atom is -0.341 e. The lowest BCUT2D eigenvalue weighted by Gasteiger charge is -2.31. The zero-order chi connectivity index (χ0) is 18.1. The fraction of sp³-hybridized carbons (Fsp3) is 0.200. The molecule has 0 unspecified atom stereocenters. The molecule has 0 spiro atoms. The molecule has 0 bridgehead atoms. The van der Waals surface area contributed by atoms with Crippen molar-refractivity contribution in [3.8, 4) is 0 Å². The minimum atomic E-state index is -3.52. The molecule has 1 aliphatic heterocycles. The van der Waals surface area contributed by atoms with Gasteiger partial charge in [-0.1, -0.05) is 18.2 Å². The summed E-state index contributed by atoms with van der Waals surface area (Å²) < 4.78 is 27.9. The number of aryl methyl sites for hydroxylation is 2. The van der Waals surface area contributed by atoms with E-state index >= 15 is 0 Å². The highest BCUT2D eigenvalue weighted by Crippen LogP contribution is 2.34. The van der Waals surface area contributed by atoms with Crippen LogP contribution in [0.5, 0.6) is 0 Å². The number of rotatable bonds is 4. The Morgan fingerprint density at radius 2 is 1.77 bits per heavy atom. The van der Waals surface area contributed by atoms with E-state index in [1.807, 2.05) is 37.3 Å². The molecule has 1 aromatic heterocycles. The Labute approximate surface area is 158 Å². The van der Waals surface area contributed by atoms with Crippen molar-refractivity contribution in [2.24, 2.45) is 0 Å². The van der Waals surface area contributed by atoms with Gasteiger partial charge in [-0.25, -0.2) is 8.42 Å². The van der Waals surface area contributed by atoms with Gasteiger partial charge in [0.05, 0.1) is 0 Å². The first kappa shape index (κ1) is 17.1. The molecule has 4 rings (SSSR count). The fourth-order valence-electron chi connectivity index (χ4n) is 3.27. The van der Waals surface area contributed by atoms with Gasteiger partial charge in [0.15, 0.2) is 0 Å². The number of benzene rings is 2. The molecule has 1 N–H and O–H groups in total. The van der Waals surface area contributed by atoms with Crippen LogP contribution in [0.1, 0.15) is 16.9 Å². The smallest absolute Gasteiger partial charge is 0.271 e. The van der Waals surface area contributed by atoms with Gasteiger partial charge in [-0.05, 0) is 67.8 Å². The van der Waals surface area contributed by atoms with Crippen LogP contribution in [0.25, 0.3) is 0 Å². The predicted molar refractivity (Wildman–Crippen MR) is 108 cm³/mol. The molecule has 2 heterocycles. The van der Waals surface area contributed by atoms with E-state index in [1.54, 1.807) is 6.07 Å². The maximum absolute atomic E-state index is 12.5.